The Balaban J connectivity index is 1.38. The monoisotopic (exact) mass is 374 g/mol. The van der Waals surface area contributed by atoms with Crippen LogP contribution in [0, 0.1) is 6.92 Å². The van der Waals surface area contributed by atoms with Crippen molar-refractivity contribution in [1.82, 2.24) is 20.0 Å². The van der Waals surface area contributed by atoms with Crippen LogP contribution in [0.15, 0.2) is 66.9 Å². The Kier molecular flexibility index (Phi) is 4.93. The van der Waals surface area contributed by atoms with Gasteiger partial charge in [0.05, 0.1) is 5.69 Å². The lowest BCUT2D eigenvalue weighted by Crippen LogP contribution is -2.41. The highest BCUT2D eigenvalue weighted by Crippen LogP contribution is 2.16. The topological polar surface area (TPSA) is 67.2 Å². The van der Waals surface area contributed by atoms with Gasteiger partial charge in [-0.15, -0.1) is 0 Å². The largest absolute Gasteiger partial charge is 0.340 e. The van der Waals surface area contributed by atoms with Crippen molar-refractivity contribution in [2.45, 2.75) is 25.9 Å². The van der Waals surface area contributed by atoms with E-state index in [0.29, 0.717) is 25.1 Å². The number of amides is 2. The van der Waals surface area contributed by atoms with Crippen LogP contribution in [0.5, 0.6) is 0 Å². The summed E-state index contributed by atoms with van der Waals surface area (Å²) in [5, 5.41) is 7.14. The Morgan fingerprint density at radius 1 is 1.11 bits per heavy atom. The predicted octanol–water partition coefficient (Wildman–Crippen LogP) is 2.71. The van der Waals surface area contributed by atoms with Gasteiger partial charge in [-0.2, -0.15) is 5.10 Å². The molecule has 0 spiro atoms. The van der Waals surface area contributed by atoms with Crippen molar-refractivity contribution in [2.24, 2.45) is 0 Å². The van der Waals surface area contributed by atoms with Crippen molar-refractivity contribution in [3.8, 4) is 5.69 Å². The molecule has 1 atom stereocenters. The van der Waals surface area contributed by atoms with Crippen molar-refractivity contribution in [1.29, 1.82) is 0 Å². The number of benzene rings is 2. The molecule has 1 saturated heterocycles. The fourth-order valence-electron chi connectivity index (χ4n) is 3.47. The second-order valence-electron chi connectivity index (χ2n) is 6.99. The first-order chi connectivity index (χ1) is 13.6. The second kappa shape index (κ2) is 7.68. The predicted molar refractivity (Wildman–Crippen MR) is 106 cm³/mol. The van der Waals surface area contributed by atoms with Crippen LogP contribution in [0.1, 0.15) is 28.0 Å². The van der Waals surface area contributed by atoms with Crippen molar-refractivity contribution in [3.05, 3.63) is 83.7 Å². The molecule has 1 aliphatic heterocycles. The molecule has 6 nitrogen and oxygen atoms in total. The lowest BCUT2D eigenvalue weighted by atomic mass is 10.1. The fraction of sp³-hybridized carbons (Fsp3) is 0.227. The number of aryl methyl sites for hydroxylation is 1. The van der Waals surface area contributed by atoms with Crippen LogP contribution in [-0.4, -0.2) is 39.1 Å². The third-order valence-corrected chi connectivity index (χ3v) is 5.03. The molecule has 0 radical (unpaired) electrons. The highest BCUT2D eigenvalue weighted by molar-refractivity contribution is 5.98. The van der Waals surface area contributed by atoms with E-state index in [2.05, 4.69) is 10.4 Å². The Morgan fingerprint density at radius 2 is 1.86 bits per heavy atom. The summed E-state index contributed by atoms with van der Waals surface area (Å²) in [6, 6.07) is 18.6. The average molecular weight is 374 g/mol. The van der Waals surface area contributed by atoms with Gasteiger partial charge >= 0.3 is 0 Å². The molecule has 2 heterocycles. The molecule has 2 amide bonds. The third-order valence-electron chi connectivity index (χ3n) is 5.03. The Morgan fingerprint density at radius 3 is 2.54 bits per heavy atom. The van der Waals surface area contributed by atoms with E-state index in [-0.39, 0.29) is 11.8 Å². The number of nitrogens with one attached hydrogen (secondary N) is 1. The van der Waals surface area contributed by atoms with Gasteiger partial charge in [0, 0.05) is 30.5 Å². The number of carbonyl (C=O) groups is 2. The summed E-state index contributed by atoms with van der Waals surface area (Å²) in [5.41, 5.74) is 3.53. The zero-order valence-electron chi connectivity index (χ0n) is 15.7. The molecule has 1 fully saturated rings. The first kappa shape index (κ1) is 18.0. The Hall–Kier alpha value is -3.41. The van der Waals surface area contributed by atoms with Gasteiger partial charge in [-0.05, 0) is 49.2 Å². The minimum atomic E-state index is -0.468. The van der Waals surface area contributed by atoms with Crippen LogP contribution < -0.4 is 5.32 Å². The summed E-state index contributed by atoms with van der Waals surface area (Å²) in [6.07, 6.45) is 2.37. The summed E-state index contributed by atoms with van der Waals surface area (Å²) >= 11 is 0. The van der Waals surface area contributed by atoms with Crippen molar-refractivity contribution in [3.63, 3.8) is 0 Å². The normalized spacial score (nSPS) is 16.4. The number of nitrogens with zero attached hydrogens (tertiary/aromatic N) is 3. The maximum absolute atomic E-state index is 12.6. The minimum Gasteiger partial charge on any atom is -0.340 e. The summed E-state index contributed by atoms with van der Waals surface area (Å²) in [4.78, 5) is 27.0. The number of hydrogen-bond acceptors (Lipinski definition) is 3. The van der Waals surface area contributed by atoms with Gasteiger partial charge in [0.2, 0.25) is 5.91 Å². The van der Waals surface area contributed by atoms with Gasteiger partial charge in [-0.3, -0.25) is 9.59 Å². The molecule has 0 saturated carbocycles. The van der Waals surface area contributed by atoms with Crippen LogP contribution in [0.4, 0.5) is 0 Å². The molecule has 0 bridgehead atoms. The van der Waals surface area contributed by atoms with E-state index in [9.17, 15) is 9.59 Å². The first-order valence-electron chi connectivity index (χ1n) is 9.36. The van der Waals surface area contributed by atoms with E-state index in [1.165, 1.54) is 0 Å². The van der Waals surface area contributed by atoms with Crippen molar-refractivity contribution >= 4 is 11.8 Å². The smallest absolute Gasteiger partial charge is 0.251 e. The van der Waals surface area contributed by atoms with Crippen molar-refractivity contribution in [2.75, 3.05) is 6.54 Å². The van der Waals surface area contributed by atoms with Gasteiger partial charge in [-0.1, -0.05) is 30.3 Å². The Labute approximate surface area is 163 Å². The standard InChI is InChI=1S/C22H22N4O2/c1-16-11-13-23-26(16)19-9-7-18(8-10-19)21(27)24-20-12-14-25(22(20)28)15-17-5-3-2-4-6-17/h2-11,13,20H,12,14-15H2,1H3,(H,24,27)/t20-/m0/s1. The molecule has 142 valence electrons. The Bertz CT molecular complexity index is 979. The summed E-state index contributed by atoms with van der Waals surface area (Å²) in [7, 11) is 0. The first-order valence-corrected chi connectivity index (χ1v) is 9.36. The van der Waals surface area contributed by atoms with E-state index in [4.69, 9.17) is 0 Å². The number of aromatic nitrogens is 2. The summed E-state index contributed by atoms with van der Waals surface area (Å²) < 4.78 is 1.81. The molecule has 1 N–H and O–H groups in total. The molecule has 0 unspecified atom stereocenters. The molecule has 1 aliphatic rings. The van der Waals surface area contributed by atoms with E-state index in [0.717, 1.165) is 16.9 Å². The molecule has 4 rings (SSSR count). The lowest BCUT2D eigenvalue weighted by Gasteiger charge is -2.17. The van der Waals surface area contributed by atoms with Gasteiger partial charge in [0.1, 0.15) is 6.04 Å². The quantitative estimate of drug-likeness (QED) is 0.747. The second-order valence-corrected chi connectivity index (χ2v) is 6.99. The van der Waals surface area contributed by atoms with E-state index >= 15 is 0 Å². The van der Waals surface area contributed by atoms with Gasteiger partial charge in [0.15, 0.2) is 0 Å². The zero-order chi connectivity index (χ0) is 19.5. The van der Waals surface area contributed by atoms with E-state index in [1.54, 1.807) is 23.2 Å². The van der Waals surface area contributed by atoms with Crippen LogP contribution in [0.2, 0.25) is 0 Å². The van der Waals surface area contributed by atoms with E-state index < -0.39 is 6.04 Å². The molecule has 6 heteroatoms. The number of rotatable bonds is 5. The van der Waals surface area contributed by atoms with Crippen LogP contribution in [-0.2, 0) is 11.3 Å². The minimum absolute atomic E-state index is 0.0269. The van der Waals surface area contributed by atoms with Crippen LogP contribution >= 0.6 is 0 Å². The highest BCUT2D eigenvalue weighted by atomic mass is 16.2. The molecular formula is C22H22N4O2. The van der Waals surface area contributed by atoms with Crippen LogP contribution in [0.25, 0.3) is 5.69 Å². The maximum atomic E-state index is 12.6. The zero-order valence-corrected chi connectivity index (χ0v) is 15.7. The van der Waals surface area contributed by atoms with Gasteiger partial charge < -0.3 is 10.2 Å². The number of carbonyl (C=O) groups excluding carboxylic acids is 2. The number of likely N-dealkylation sites (tertiary alicyclic amines) is 1. The SMILES string of the molecule is Cc1ccnn1-c1ccc(C(=O)N[C@H]2CCN(Cc3ccccc3)C2=O)cc1. The fourth-order valence-corrected chi connectivity index (χ4v) is 3.47. The molecular weight excluding hydrogens is 352 g/mol. The lowest BCUT2D eigenvalue weighted by molar-refractivity contribution is -0.129. The van der Waals surface area contributed by atoms with Gasteiger partial charge in [-0.25, -0.2) is 4.68 Å². The average Bonchev–Trinajstić information content (AvgIpc) is 3.29. The van der Waals surface area contributed by atoms with Gasteiger partial charge in [0.25, 0.3) is 5.91 Å². The molecule has 3 aromatic rings. The highest BCUT2D eigenvalue weighted by Gasteiger charge is 2.32. The van der Waals surface area contributed by atoms with E-state index in [1.807, 2.05) is 60.1 Å². The maximum Gasteiger partial charge on any atom is 0.251 e. The summed E-state index contributed by atoms with van der Waals surface area (Å²) in [5.74, 6) is -0.260. The molecule has 2 aromatic carbocycles. The summed E-state index contributed by atoms with van der Waals surface area (Å²) in [6.45, 7) is 3.20. The van der Waals surface area contributed by atoms with Crippen molar-refractivity contribution < 1.29 is 9.59 Å². The van der Waals surface area contributed by atoms with Crippen LogP contribution in [0.3, 0.4) is 0 Å². The molecule has 28 heavy (non-hydrogen) atoms. The molecule has 0 aliphatic carbocycles. The third kappa shape index (κ3) is 3.67. The number of hydrogen-bond donors (Lipinski definition) is 1. The molecule has 1 aromatic heterocycles.